The molecule has 0 aliphatic carbocycles. The predicted molar refractivity (Wildman–Crippen MR) is 86.5 cm³/mol. The van der Waals surface area contributed by atoms with Crippen molar-refractivity contribution in [2.24, 2.45) is 0 Å². The summed E-state index contributed by atoms with van der Waals surface area (Å²) in [5.74, 6) is 1.54. The maximum Gasteiger partial charge on any atom is 0.129 e. The van der Waals surface area contributed by atoms with E-state index in [4.69, 9.17) is 9.47 Å². The third-order valence-electron chi connectivity index (χ3n) is 4.78. The Morgan fingerprint density at radius 3 is 2.68 bits per heavy atom. The van der Waals surface area contributed by atoms with Crippen LogP contribution in [0.15, 0.2) is 18.2 Å². The van der Waals surface area contributed by atoms with Crippen molar-refractivity contribution in [3.05, 3.63) is 23.8 Å². The Bertz CT molecular complexity index is 523. The fourth-order valence-electron chi connectivity index (χ4n) is 3.83. The molecule has 2 aliphatic rings. The smallest absolute Gasteiger partial charge is 0.129 e. The van der Waals surface area contributed by atoms with Crippen molar-refractivity contribution >= 4 is 0 Å². The highest BCUT2D eigenvalue weighted by molar-refractivity contribution is 5.45. The first-order valence-corrected chi connectivity index (χ1v) is 8.41. The molecule has 122 valence electrons. The molecule has 2 unspecified atom stereocenters. The molecule has 1 saturated heterocycles. The number of benzene rings is 1. The van der Waals surface area contributed by atoms with Crippen molar-refractivity contribution in [2.75, 3.05) is 19.7 Å². The van der Waals surface area contributed by atoms with E-state index < -0.39 is 11.7 Å². The Morgan fingerprint density at radius 2 is 2.00 bits per heavy atom. The monoisotopic (exact) mass is 305 g/mol. The largest absolute Gasteiger partial charge is 0.494 e. The van der Waals surface area contributed by atoms with Crippen molar-refractivity contribution < 1.29 is 14.6 Å². The van der Waals surface area contributed by atoms with Crippen LogP contribution >= 0.6 is 0 Å². The van der Waals surface area contributed by atoms with E-state index in [1.165, 1.54) is 19.3 Å². The highest BCUT2D eigenvalue weighted by Gasteiger charge is 2.46. The van der Waals surface area contributed by atoms with E-state index in [9.17, 15) is 5.11 Å². The summed E-state index contributed by atoms with van der Waals surface area (Å²) in [6.07, 6.45) is 3.17. The van der Waals surface area contributed by atoms with Crippen LogP contribution in [0, 0.1) is 0 Å². The summed E-state index contributed by atoms with van der Waals surface area (Å²) < 4.78 is 11.8. The maximum atomic E-state index is 11.0. The molecule has 4 heteroatoms. The van der Waals surface area contributed by atoms with E-state index in [1.807, 2.05) is 25.1 Å². The van der Waals surface area contributed by atoms with Gasteiger partial charge in [-0.1, -0.05) is 6.42 Å². The number of piperidine rings is 1. The summed E-state index contributed by atoms with van der Waals surface area (Å²) >= 11 is 0. The molecule has 22 heavy (non-hydrogen) atoms. The lowest BCUT2D eigenvalue weighted by Gasteiger charge is -2.49. The summed E-state index contributed by atoms with van der Waals surface area (Å²) in [5.41, 5.74) is 0.451. The number of fused-ring (bicyclic) bond motifs is 1. The van der Waals surface area contributed by atoms with Crippen LogP contribution in [0.1, 0.15) is 51.7 Å². The highest BCUT2D eigenvalue weighted by Crippen LogP contribution is 2.44. The minimum absolute atomic E-state index is 0.00163. The third-order valence-corrected chi connectivity index (χ3v) is 4.78. The molecule has 0 amide bonds. The summed E-state index contributed by atoms with van der Waals surface area (Å²) in [4.78, 5) is 2.40. The Kier molecular flexibility index (Phi) is 4.33. The molecule has 0 spiro atoms. The Labute approximate surface area is 133 Å². The van der Waals surface area contributed by atoms with Gasteiger partial charge in [0, 0.05) is 11.6 Å². The van der Waals surface area contributed by atoms with Crippen LogP contribution in [0.4, 0.5) is 0 Å². The minimum Gasteiger partial charge on any atom is -0.494 e. The fourth-order valence-corrected chi connectivity index (χ4v) is 3.83. The van der Waals surface area contributed by atoms with Crippen LogP contribution in [0.5, 0.6) is 11.5 Å². The molecule has 3 rings (SSSR count). The molecular weight excluding hydrogens is 278 g/mol. The van der Waals surface area contributed by atoms with E-state index in [2.05, 4.69) is 18.7 Å². The average molecular weight is 305 g/mol. The van der Waals surface area contributed by atoms with Gasteiger partial charge in [-0.15, -0.1) is 0 Å². The van der Waals surface area contributed by atoms with Gasteiger partial charge < -0.3 is 14.6 Å². The number of nitrogens with zero attached hydrogens (tertiary/aromatic N) is 1. The zero-order valence-corrected chi connectivity index (χ0v) is 13.8. The summed E-state index contributed by atoms with van der Waals surface area (Å²) in [6, 6.07) is 5.76. The fraction of sp³-hybridized carbons (Fsp3) is 0.667. The zero-order valence-electron chi connectivity index (χ0n) is 13.8. The standard InChI is InChI=1S/C18H27NO3/c1-4-21-13-8-9-14-15(12-13)22-18(2,3)17(16(14)20)19-10-6-5-7-11-19/h8-9,12,16-17,20H,4-7,10-11H2,1-3H3. The Balaban J connectivity index is 1.91. The van der Waals surface area contributed by atoms with Gasteiger partial charge >= 0.3 is 0 Å². The van der Waals surface area contributed by atoms with Crippen LogP contribution in [0.2, 0.25) is 0 Å². The molecule has 0 bridgehead atoms. The second-order valence-electron chi connectivity index (χ2n) is 6.82. The normalized spacial score (nSPS) is 27.8. The van der Waals surface area contributed by atoms with Crippen molar-refractivity contribution in [1.82, 2.24) is 4.90 Å². The van der Waals surface area contributed by atoms with Crippen molar-refractivity contribution in [1.29, 1.82) is 0 Å². The van der Waals surface area contributed by atoms with Crippen LogP contribution in [0.25, 0.3) is 0 Å². The van der Waals surface area contributed by atoms with E-state index >= 15 is 0 Å². The number of ether oxygens (including phenoxy) is 2. The summed E-state index contributed by atoms with van der Waals surface area (Å²) in [5, 5.41) is 11.0. The first-order chi connectivity index (χ1) is 10.5. The molecule has 0 radical (unpaired) electrons. The van der Waals surface area contributed by atoms with Crippen LogP contribution in [0.3, 0.4) is 0 Å². The quantitative estimate of drug-likeness (QED) is 0.931. The number of hydrogen-bond acceptors (Lipinski definition) is 4. The topological polar surface area (TPSA) is 41.9 Å². The molecule has 1 aromatic carbocycles. The number of aliphatic hydroxyl groups is 1. The summed E-state index contributed by atoms with van der Waals surface area (Å²) in [6.45, 7) is 8.83. The van der Waals surface area contributed by atoms with Gasteiger partial charge in [0.25, 0.3) is 0 Å². The van der Waals surface area contributed by atoms with Gasteiger partial charge in [0.1, 0.15) is 23.2 Å². The lowest BCUT2D eigenvalue weighted by molar-refractivity contribution is -0.0874. The lowest BCUT2D eigenvalue weighted by Crippen LogP contribution is -2.58. The lowest BCUT2D eigenvalue weighted by atomic mass is 9.84. The van der Waals surface area contributed by atoms with Crippen molar-refractivity contribution in [3.8, 4) is 11.5 Å². The molecule has 0 saturated carbocycles. The molecule has 4 nitrogen and oxygen atoms in total. The van der Waals surface area contributed by atoms with E-state index in [0.717, 1.165) is 30.2 Å². The van der Waals surface area contributed by atoms with Crippen molar-refractivity contribution in [2.45, 2.75) is 57.8 Å². The van der Waals surface area contributed by atoms with E-state index in [1.54, 1.807) is 0 Å². The first-order valence-electron chi connectivity index (χ1n) is 8.41. The van der Waals surface area contributed by atoms with Gasteiger partial charge in [-0.3, -0.25) is 4.90 Å². The molecule has 2 atom stereocenters. The number of likely N-dealkylation sites (tertiary alicyclic amines) is 1. The number of aliphatic hydroxyl groups excluding tert-OH is 1. The average Bonchev–Trinajstić information content (AvgIpc) is 2.47. The van der Waals surface area contributed by atoms with Gasteiger partial charge in [-0.05, 0) is 58.8 Å². The van der Waals surface area contributed by atoms with Crippen LogP contribution in [-0.4, -0.2) is 41.3 Å². The molecule has 1 aromatic rings. The minimum atomic E-state index is -0.521. The van der Waals surface area contributed by atoms with Crippen LogP contribution < -0.4 is 9.47 Å². The van der Waals surface area contributed by atoms with Gasteiger partial charge in [0.2, 0.25) is 0 Å². The van der Waals surface area contributed by atoms with E-state index in [-0.39, 0.29) is 6.04 Å². The second kappa shape index (κ2) is 6.09. The highest BCUT2D eigenvalue weighted by atomic mass is 16.5. The van der Waals surface area contributed by atoms with Gasteiger partial charge in [0.15, 0.2) is 0 Å². The molecule has 2 heterocycles. The van der Waals surface area contributed by atoms with Gasteiger partial charge in [-0.2, -0.15) is 0 Å². The Morgan fingerprint density at radius 1 is 1.27 bits per heavy atom. The molecule has 2 aliphatic heterocycles. The molecule has 1 N–H and O–H groups in total. The molecular formula is C18H27NO3. The number of rotatable bonds is 3. The zero-order chi connectivity index (χ0) is 15.7. The molecule has 1 fully saturated rings. The van der Waals surface area contributed by atoms with Gasteiger partial charge in [-0.25, -0.2) is 0 Å². The predicted octanol–water partition coefficient (Wildman–Crippen LogP) is 3.14. The third kappa shape index (κ3) is 2.82. The first kappa shape index (κ1) is 15.6. The van der Waals surface area contributed by atoms with Crippen molar-refractivity contribution in [3.63, 3.8) is 0 Å². The van der Waals surface area contributed by atoms with Crippen LogP contribution in [-0.2, 0) is 0 Å². The second-order valence-corrected chi connectivity index (χ2v) is 6.82. The summed E-state index contributed by atoms with van der Waals surface area (Å²) in [7, 11) is 0. The Hall–Kier alpha value is -1.26. The van der Waals surface area contributed by atoms with Gasteiger partial charge in [0.05, 0.1) is 12.6 Å². The van der Waals surface area contributed by atoms with E-state index in [0.29, 0.717) is 6.61 Å². The number of hydrogen-bond donors (Lipinski definition) is 1. The molecule has 0 aromatic heterocycles. The SMILES string of the molecule is CCOc1ccc2c(c1)OC(C)(C)C(N1CCCCC1)C2O. The maximum absolute atomic E-state index is 11.0.